The van der Waals surface area contributed by atoms with Crippen molar-refractivity contribution in [3.05, 3.63) is 29.8 Å². The number of rotatable bonds is 7. The van der Waals surface area contributed by atoms with Crippen LogP contribution in [0, 0.1) is 0 Å². The van der Waals surface area contributed by atoms with E-state index in [0.29, 0.717) is 13.2 Å². The van der Waals surface area contributed by atoms with E-state index in [2.05, 4.69) is 11.8 Å². The van der Waals surface area contributed by atoms with E-state index in [4.69, 9.17) is 10.5 Å². The number of hydrogen-bond donors (Lipinski definition) is 1. The van der Waals surface area contributed by atoms with Crippen LogP contribution in [0.1, 0.15) is 25.8 Å². The number of nitrogens with two attached hydrogens (primary N) is 1. The molecule has 0 radical (unpaired) electrons. The molecule has 0 heterocycles. The van der Waals surface area contributed by atoms with E-state index >= 15 is 0 Å². The van der Waals surface area contributed by atoms with E-state index < -0.39 is 0 Å². The molecular formula is C14H22N2O2. The van der Waals surface area contributed by atoms with Crippen LogP contribution in [-0.2, 0) is 16.1 Å². The molecule has 0 aromatic heterocycles. The van der Waals surface area contributed by atoms with Crippen LogP contribution < -0.4 is 5.73 Å². The first-order valence-electron chi connectivity index (χ1n) is 6.38. The van der Waals surface area contributed by atoms with Crippen LogP contribution in [0.15, 0.2) is 24.3 Å². The van der Waals surface area contributed by atoms with Gasteiger partial charge in [-0.2, -0.15) is 0 Å². The second-order valence-electron chi connectivity index (χ2n) is 4.26. The predicted octanol–water partition coefficient (Wildman–Crippen LogP) is 2.04. The van der Waals surface area contributed by atoms with Gasteiger partial charge in [0.1, 0.15) is 0 Å². The lowest BCUT2D eigenvalue weighted by Gasteiger charge is -2.20. The molecule has 0 fully saturated rings. The summed E-state index contributed by atoms with van der Waals surface area (Å²) >= 11 is 0. The highest BCUT2D eigenvalue weighted by molar-refractivity contribution is 5.71. The van der Waals surface area contributed by atoms with Gasteiger partial charge in [-0.25, -0.2) is 0 Å². The number of benzene rings is 1. The fraction of sp³-hybridized carbons (Fsp3) is 0.500. The topological polar surface area (TPSA) is 55.6 Å². The minimum Gasteiger partial charge on any atom is -0.465 e. The Morgan fingerprint density at radius 1 is 1.28 bits per heavy atom. The van der Waals surface area contributed by atoms with Crippen LogP contribution in [0.25, 0.3) is 0 Å². The molecule has 1 aromatic carbocycles. The van der Waals surface area contributed by atoms with Crippen LogP contribution in [0.5, 0.6) is 0 Å². The van der Waals surface area contributed by atoms with Crippen molar-refractivity contribution in [1.82, 2.24) is 4.90 Å². The van der Waals surface area contributed by atoms with Crippen molar-refractivity contribution < 1.29 is 9.53 Å². The van der Waals surface area contributed by atoms with E-state index in [9.17, 15) is 4.79 Å². The number of nitrogen functional groups attached to an aromatic ring is 1. The molecule has 1 rings (SSSR count). The molecule has 0 bridgehead atoms. The molecule has 18 heavy (non-hydrogen) atoms. The summed E-state index contributed by atoms with van der Waals surface area (Å²) in [5, 5.41) is 0. The Hall–Kier alpha value is -1.55. The van der Waals surface area contributed by atoms with Crippen molar-refractivity contribution in [2.45, 2.75) is 26.8 Å². The Bertz CT molecular complexity index is 363. The molecule has 2 N–H and O–H groups in total. The van der Waals surface area contributed by atoms with Gasteiger partial charge in [-0.15, -0.1) is 0 Å². The molecule has 0 saturated carbocycles. The third kappa shape index (κ3) is 5.19. The summed E-state index contributed by atoms with van der Waals surface area (Å²) in [6.45, 7) is 6.31. The van der Waals surface area contributed by atoms with Crippen LogP contribution in [0.2, 0.25) is 0 Å². The SMILES string of the molecule is CCCN(CC(=O)OCC)Cc1ccc(N)cc1. The largest absolute Gasteiger partial charge is 0.465 e. The van der Waals surface area contributed by atoms with Crippen LogP contribution in [0.4, 0.5) is 5.69 Å². The van der Waals surface area contributed by atoms with Gasteiger partial charge < -0.3 is 10.5 Å². The molecule has 0 aliphatic rings. The molecule has 0 aliphatic carbocycles. The van der Waals surface area contributed by atoms with Crippen LogP contribution in [0.3, 0.4) is 0 Å². The number of carbonyl (C=O) groups is 1. The highest BCUT2D eigenvalue weighted by Crippen LogP contribution is 2.09. The summed E-state index contributed by atoms with van der Waals surface area (Å²) in [7, 11) is 0. The van der Waals surface area contributed by atoms with E-state index in [1.807, 2.05) is 31.2 Å². The summed E-state index contributed by atoms with van der Waals surface area (Å²) in [4.78, 5) is 13.6. The Morgan fingerprint density at radius 3 is 2.50 bits per heavy atom. The van der Waals surface area contributed by atoms with Gasteiger partial charge in [-0.1, -0.05) is 19.1 Å². The standard InChI is InChI=1S/C14H22N2O2/c1-3-9-16(11-14(17)18-4-2)10-12-5-7-13(15)8-6-12/h5-8H,3-4,9-11,15H2,1-2H3. The van der Waals surface area contributed by atoms with Gasteiger partial charge in [0.05, 0.1) is 13.2 Å². The summed E-state index contributed by atoms with van der Waals surface area (Å²) in [6, 6.07) is 7.74. The zero-order chi connectivity index (χ0) is 13.4. The first-order chi connectivity index (χ1) is 8.65. The summed E-state index contributed by atoms with van der Waals surface area (Å²) in [5.74, 6) is -0.165. The lowest BCUT2D eigenvalue weighted by Crippen LogP contribution is -2.31. The van der Waals surface area contributed by atoms with Gasteiger partial charge in [-0.3, -0.25) is 9.69 Å². The Morgan fingerprint density at radius 2 is 1.94 bits per heavy atom. The second kappa shape index (κ2) is 7.71. The highest BCUT2D eigenvalue weighted by atomic mass is 16.5. The zero-order valence-corrected chi connectivity index (χ0v) is 11.2. The molecule has 0 spiro atoms. The van der Waals surface area contributed by atoms with Crippen molar-refractivity contribution >= 4 is 11.7 Å². The number of anilines is 1. The third-order valence-electron chi connectivity index (χ3n) is 2.58. The van der Waals surface area contributed by atoms with Gasteiger partial charge in [0, 0.05) is 12.2 Å². The van der Waals surface area contributed by atoms with Crippen molar-refractivity contribution in [2.24, 2.45) is 0 Å². The zero-order valence-electron chi connectivity index (χ0n) is 11.2. The number of esters is 1. The molecule has 0 saturated heterocycles. The molecule has 0 unspecified atom stereocenters. The Balaban J connectivity index is 2.56. The average Bonchev–Trinajstić information content (AvgIpc) is 2.32. The minimum atomic E-state index is -0.165. The molecule has 4 heteroatoms. The normalized spacial score (nSPS) is 10.6. The summed E-state index contributed by atoms with van der Waals surface area (Å²) < 4.78 is 4.97. The molecule has 0 amide bonds. The number of carbonyl (C=O) groups excluding carboxylic acids is 1. The van der Waals surface area contributed by atoms with Crippen LogP contribution in [-0.4, -0.2) is 30.6 Å². The summed E-state index contributed by atoms with van der Waals surface area (Å²) in [5.41, 5.74) is 7.56. The maximum absolute atomic E-state index is 11.5. The quantitative estimate of drug-likeness (QED) is 0.594. The highest BCUT2D eigenvalue weighted by Gasteiger charge is 2.11. The van der Waals surface area contributed by atoms with Gasteiger partial charge in [0.2, 0.25) is 0 Å². The number of ether oxygens (including phenoxy) is 1. The van der Waals surface area contributed by atoms with E-state index in [1.165, 1.54) is 0 Å². The predicted molar refractivity (Wildman–Crippen MR) is 73.1 cm³/mol. The molecule has 1 aromatic rings. The molecular weight excluding hydrogens is 228 g/mol. The van der Waals surface area contributed by atoms with E-state index in [0.717, 1.165) is 30.8 Å². The molecule has 0 aliphatic heterocycles. The smallest absolute Gasteiger partial charge is 0.320 e. The minimum absolute atomic E-state index is 0.165. The fourth-order valence-electron chi connectivity index (χ4n) is 1.80. The van der Waals surface area contributed by atoms with E-state index in [-0.39, 0.29) is 5.97 Å². The van der Waals surface area contributed by atoms with Crippen molar-refractivity contribution in [3.63, 3.8) is 0 Å². The first-order valence-corrected chi connectivity index (χ1v) is 6.38. The monoisotopic (exact) mass is 250 g/mol. The van der Waals surface area contributed by atoms with E-state index in [1.54, 1.807) is 0 Å². The Labute approximate surface area is 109 Å². The Kier molecular flexibility index (Phi) is 6.22. The number of nitrogens with zero attached hydrogens (tertiary/aromatic N) is 1. The third-order valence-corrected chi connectivity index (χ3v) is 2.58. The second-order valence-corrected chi connectivity index (χ2v) is 4.26. The average molecular weight is 250 g/mol. The van der Waals surface area contributed by atoms with Gasteiger partial charge in [0.25, 0.3) is 0 Å². The first kappa shape index (κ1) is 14.5. The van der Waals surface area contributed by atoms with Crippen molar-refractivity contribution in [1.29, 1.82) is 0 Å². The maximum Gasteiger partial charge on any atom is 0.320 e. The van der Waals surface area contributed by atoms with Crippen molar-refractivity contribution in [3.8, 4) is 0 Å². The van der Waals surface area contributed by atoms with Crippen LogP contribution >= 0.6 is 0 Å². The fourth-order valence-corrected chi connectivity index (χ4v) is 1.80. The van der Waals surface area contributed by atoms with Gasteiger partial charge in [0.15, 0.2) is 0 Å². The lowest BCUT2D eigenvalue weighted by atomic mass is 10.2. The van der Waals surface area contributed by atoms with Gasteiger partial charge >= 0.3 is 5.97 Å². The van der Waals surface area contributed by atoms with Gasteiger partial charge in [-0.05, 0) is 37.6 Å². The molecule has 0 atom stereocenters. The summed E-state index contributed by atoms with van der Waals surface area (Å²) in [6.07, 6.45) is 1.01. The molecule has 100 valence electrons. The maximum atomic E-state index is 11.5. The lowest BCUT2D eigenvalue weighted by molar-refractivity contribution is -0.144. The number of hydrogen-bond acceptors (Lipinski definition) is 4. The van der Waals surface area contributed by atoms with Crippen molar-refractivity contribution in [2.75, 3.05) is 25.4 Å². The molecule has 4 nitrogen and oxygen atoms in total.